The molecule has 2 N–H and O–H groups in total. The van der Waals surface area contributed by atoms with Crippen molar-refractivity contribution in [2.24, 2.45) is 5.92 Å². The highest BCUT2D eigenvalue weighted by Gasteiger charge is 2.24. The van der Waals surface area contributed by atoms with Gasteiger partial charge >= 0.3 is 5.97 Å². The van der Waals surface area contributed by atoms with E-state index in [4.69, 9.17) is 9.47 Å². The number of ether oxygens (including phenoxy) is 2. The second kappa shape index (κ2) is 12.4. The number of carbonyl (C=O) groups excluding carboxylic acids is 1. The zero-order chi connectivity index (χ0) is 24.5. The molecule has 2 aromatic rings. The number of rotatable bonds is 11. The predicted octanol–water partition coefficient (Wildman–Crippen LogP) is 5.52. The average Bonchev–Trinajstić information content (AvgIpc) is 2.83. The van der Waals surface area contributed by atoms with Crippen LogP contribution >= 0.6 is 0 Å². The molecule has 1 heterocycles. The first kappa shape index (κ1) is 25.5. The summed E-state index contributed by atoms with van der Waals surface area (Å²) in [7, 11) is 0. The SMILES string of the molecule is C=CCCC[C@@H](NC(=O)C1CCCOC1)c1cccc(COc2c(C)cc(C(=O)O)cc2C)c1. The Kier molecular flexibility index (Phi) is 9.28. The molecule has 1 unspecified atom stereocenters. The normalized spacial score (nSPS) is 16.5. The number of carbonyl (C=O) groups is 2. The molecule has 2 atom stereocenters. The van der Waals surface area contributed by atoms with Crippen LogP contribution in [-0.2, 0) is 16.1 Å². The quantitative estimate of drug-likeness (QED) is 0.337. The Balaban J connectivity index is 1.72. The molecule has 0 aromatic heterocycles. The third-order valence-electron chi connectivity index (χ3n) is 6.19. The molecule has 0 spiro atoms. The van der Waals surface area contributed by atoms with Crippen molar-refractivity contribution in [1.82, 2.24) is 5.32 Å². The molecule has 0 radical (unpaired) electrons. The van der Waals surface area contributed by atoms with E-state index in [-0.39, 0.29) is 23.4 Å². The van der Waals surface area contributed by atoms with Crippen LogP contribution in [0, 0.1) is 19.8 Å². The number of aryl methyl sites for hydroxylation is 2. The number of carboxylic acids is 1. The van der Waals surface area contributed by atoms with E-state index in [1.807, 2.05) is 38.1 Å². The molecular formula is C28H35NO5. The summed E-state index contributed by atoms with van der Waals surface area (Å²) >= 11 is 0. The number of benzene rings is 2. The first-order valence-electron chi connectivity index (χ1n) is 11.9. The van der Waals surface area contributed by atoms with Crippen molar-refractivity contribution >= 4 is 11.9 Å². The van der Waals surface area contributed by atoms with Crippen molar-refractivity contribution in [3.05, 3.63) is 76.9 Å². The van der Waals surface area contributed by atoms with Gasteiger partial charge in [0.05, 0.1) is 24.1 Å². The van der Waals surface area contributed by atoms with Crippen LogP contribution in [0.2, 0.25) is 0 Å². The minimum absolute atomic E-state index is 0.0507. The van der Waals surface area contributed by atoms with Crippen molar-refractivity contribution in [2.75, 3.05) is 13.2 Å². The van der Waals surface area contributed by atoms with Crippen molar-refractivity contribution < 1.29 is 24.2 Å². The Morgan fingerprint density at radius 2 is 2.03 bits per heavy atom. The topological polar surface area (TPSA) is 84.9 Å². The molecule has 3 rings (SSSR count). The van der Waals surface area contributed by atoms with Gasteiger partial charge in [-0.25, -0.2) is 4.79 Å². The summed E-state index contributed by atoms with van der Waals surface area (Å²) in [4.78, 5) is 24.2. The zero-order valence-electron chi connectivity index (χ0n) is 20.1. The molecule has 34 heavy (non-hydrogen) atoms. The van der Waals surface area contributed by atoms with Crippen LogP contribution in [0.4, 0.5) is 0 Å². The van der Waals surface area contributed by atoms with Gasteiger partial charge < -0.3 is 19.9 Å². The number of hydrogen-bond donors (Lipinski definition) is 2. The van der Waals surface area contributed by atoms with Crippen LogP contribution < -0.4 is 10.1 Å². The minimum atomic E-state index is -0.949. The number of aromatic carboxylic acids is 1. The van der Waals surface area contributed by atoms with Crippen molar-refractivity contribution in [2.45, 2.75) is 58.6 Å². The van der Waals surface area contributed by atoms with E-state index in [2.05, 4.69) is 18.0 Å². The van der Waals surface area contributed by atoms with Gasteiger partial charge in [-0.05, 0) is 80.3 Å². The van der Waals surface area contributed by atoms with Crippen LogP contribution in [-0.4, -0.2) is 30.2 Å². The monoisotopic (exact) mass is 465 g/mol. The van der Waals surface area contributed by atoms with Gasteiger partial charge in [0.1, 0.15) is 12.4 Å². The Morgan fingerprint density at radius 3 is 2.68 bits per heavy atom. The van der Waals surface area contributed by atoms with Gasteiger partial charge in [-0.1, -0.05) is 30.3 Å². The van der Waals surface area contributed by atoms with Crippen molar-refractivity contribution in [1.29, 1.82) is 0 Å². The summed E-state index contributed by atoms with van der Waals surface area (Å²) in [6, 6.07) is 11.3. The molecule has 2 aromatic carbocycles. The molecule has 1 fully saturated rings. The van der Waals surface area contributed by atoms with E-state index < -0.39 is 5.97 Å². The number of carboxylic acid groups (broad SMARTS) is 1. The lowest BCUT2D eigenvalue weighted by Gasteiger charge is -2.26. The van der Waals surface area contributed by atoms with Gasteiger partial charge in [0.15, 0.2) is 0 Å². The number of allylic oxidation sites excluding steroid dienone is 1. The maximum Gasteiger partial charge on any atom is 0.335 e. The first-order valence-corrected chi connectivity index (χ1v) is 11.9. The Labute approximate surface area is 202 Å². The van der Waals surface area contributed by atoms with E-state index in [0.29, 0.717) is 19.0 Å². The van der Waals surface area contributed by atoms with Crippen LogP contribution in [0.5, 0.6) is 5.75 Å². The van der Waals surface area contributed by atoms with E-state index >= 15 is 0 Å². The summed E-state index contributed by atoms with van der Waals surface area (Å²) in [5.41, 5.74) is 3.87. The standard InChI is InChI=1S/C28H35NO5/c1-4-5-6-12-25(29-27(30)23-11-8-13-33-18-23)22-10-7-9-21(16-22)17-34-26-19(2)14-24(28(31)32)15-20(26)3/h4,7,9-10,14-16,23,25H,1,5-6,8,11-13,17-18H2,2-3H3,(H,29,30)(H,31,32)/t23?,25-/m1/s1. The van der Waals surface area contributed by atoms with E-state index in [9.17, 15) is 14.7 Å². The summed E-state index contributed by atoms with van der Waals surface area (Å²) in [5, 5.41) is 12.5. The third kappa shape index (κ3) is 6.94. The third-order valence-corrected chi connectivity index (χ3v) is 6.19. The highest BCUT2D eigenvalue weighted by atomic mass is 16.5. The molecule has 1 aliphatic heterocycles. The smallest absolute Gasteiger partial charge is 0.335 e. The van der Waals surface area contributed by atoms with E-state index in [1.165, 1.54) is 0 Å². The van der Waals surface area contributed by atoms with Gasteiger partial charge in [0.2, 0.25) is 5.91 Å². The number of amides is 1. The summed E-state index contributed by atoms with van der Waals surface area (Å²) in [6.07, 6.45) is 6.33. The fourth-order valence-electron chi connectivity index (χ4n) is 4.38. The molecule has 1 aliphatic rings. The lowest BCUT2D eigenvalue weighted by atomic mass is 9.96. The highest BCUT2D eigenvalue weighted by Crippen LogP contribution is 2.27. The van der Waals surface area contributed by atoms with Gasteiger partial charge in [0, 0.05) is 6.61 Å². The van der Waals surface area contributed by atoms with Crippen molar-refractivity contribution in [3.8, 4) is 5.75 Å². The Bertz CT molecular complexity index is 987. The molecule has 182 valence electrons. The zero-order valence-corrected chi connectivity index (χ0v) is 20.1. The highest BCUT2D eigenvalue weighted by molar-refractivity contribution is 5.88. The second-order valence-electron chi connectivity index (χ2n) is 8.97. The van der Waals surface area contributed by atoms with Gasteiger partial charge in [-0.3, -0.25) is 4.79 Å². The lowest BCUT2D eigenvalue weighted by Crippen LogP contribution is -2.37. The first-order chi connectivity index (χ1) is 16.4. The second-order valence-corrected chi connectivity index (χ2v) is 8.97. The molecule has 6 nitrogen and oxygen atoms in total. The molecule has 0 aliphatic carbocycles. The number of unbranched alkanes of at least 4 members (excludes halogenated alkanes) is 1. The summed E-state index contributed by atoms with van der Waals surface area (Å²) in [5.74, 6) is -0.296. The minimum Gasteiger partial charge on any atom is -0.488 e. The maximum atomic E-state index is 12.9. The van der Waals surface area contributed by atoms with Gasteiger partial charge in [-0.15, -0.1) is 6.58 Å². The van der Waals surface area contributed by atoms with Crippen LogP contribution in [0.3, 0.4) is 0 Å². The summed E-state index contributed by atoms with van der Waals surface area (Å²) < 4.78 is 11.6. The van der Waals surface area contributed by atoms with Crippen LogP contribution in [0.25, 0.3) is 0 Å². The van der Waals surface area contributed by atoms with Gasteiger partial charge in [0.25, 0.3) is 0 Å². The number of nitrogens with one attached hydrogen (secondary N) is 1. The lowest BCUT2D eigenvalue weighted by molar-refractivity contribution is -0.129. The largest absolute Gasteiger partial charge is 0.488 e. The Hall–Kier alpha value is -3.12. The Morgan fingerprint density at radius 1 is 1.26 bits per heavy atom. The molecular weight excluding hydrogens is 430 g/mol. The fraction of sp³-hybridized carbons (Fsp3) is 0.429. The molecule has 0 saturated carbocycles. The molecule has 6 heteroatoms. The number of hydrogen-bond acceptors (Lipinski definition) is 4. The fourth-order valence-corrected chi connectivity index (χ4v) is 4.38. The maximum absolute atomic E-state index is 12.9. The molecule has 0 bridgehead atoms. The average molecular weight is 466 g/mol. The predicted molar refractivity (Wildman–Crippen MR) is 132 cm³/mol. The van der Waals surface area contributed by atoms with Crippen LogP contribution in [0.1, 0.15) is 70.8 Å². The van der Waals surface area contributed by atoms with E-state index in [0.717, 1.165) is 61.0 Å². The van der Waals surface area contributed by atoms with Crippen LogP contribution in [0.15, 0.2) is 49.1 Å². The molecule has 1 saturated heterocycles. The molecule has 1 amide bonds. The summed E-state index contributed by atoms with van der Waals surface area (Å²) in [6.45, 7) is 9.08. The van der Waals surface area contributed by atoms with Gasteiger partial charge in [-0.2, -0.15) is 0 Å². The van der Waals surface area contributed by atoms with E-state index in [1.54, 1.807) is 12.1 Å². The van der Waals surface area contributed by atoms with Crippen molar-refractivity contribution in [3.63, 3.8) is 0 Å².